The van der Waals surface area contributed by atoms with Crippen molar-refractivity contribution in [2.24, 2.45) is 0 Å². The average molecular weight is 424 g/mol. The Labute approximate surface area is 183 Å². The molecule has 3 aromatic rings. The zero-order valence-corrected chi connectivity index (χ0v) is 18.3. The van der Waals surface area contributed by atoms with Gasteiger partial charge in [-0.1, -0.05) is 48.0 Å². The van der Waals surface area contributed by atoms with E-state index in [1.54, 1.807) is 14.2 Å². The third-order valence-corrected chi connectivity index (χ3v) is 5.32. The number of amides is 1. The minimum absolute atomic E-state index is 0.0172. The summed E-state index contributed by atoms with van der Waals surface area (Å²) in [7, 11) is 3.24. The highest BCUT2D eigenvalue weighted by molar-refractivity contribution is 6.30. The van der Waals surface area contributed by atoms with Gasteiger partial charge in [-0.15, -0.1) is 0 Å². The van der Waals surface area contributed by atoms with Crippen LogP contribution in [-0.4, -0.2) is 31.6 Å². The van der Waals surface area contributed by atoms with Crippen LogP contribution >= 0.6 is 11.6 Å². The quantitative estimate of drug-likeness (QED) is 0.476. The molecule has 0 saturated heterocycles. The van der Waals surface area contributed by atoms with Crippen LogP contribution in [-0.2, 0) is 13.0 Å². The van der Waals surface area contributed by atoms with E-state index in [1.807, 2.05) is 78.6 Å². The van der Waals surface area contributed by atoms with E-state index in [0.717, 1.165) is 22.3 Å². The van der Waals surface area contributed by atoms with Gasteiger partial charge < -0.3 is 14.4 Å². The molecule has 0 bridgehead atoms. The van der Waals surface area contributed by atoms with Gasteiger partial charge in [-0.2, -0.15) is 0 Å². The highest BCUT2D eigenvalue weighted by Crippen LogP contribution is 2.28. The first-order valence-corrected chi connectivity index (χ1v) is 10.2. The van der Waals surface area contributed by atoms with Crippen LogP contribution in [0, 0.1) is 6.92 Å². The summed E-state index contributed by atoms with van der Waals surface area (Å²) in [6, 6.07) is 21.1. The normalized spacial score (nSPS) is 10.5. The second-order valence-electron chi connectivity index (χ2n) is 7.11. The molecule has 0 heterocycles. The standard InChI is InChI=1S/C25H26ClNO3/c1-18-6-4-5-7-22(18)25(28)27(17-20-8-11-21(26)12-9-20)15-14-19-10-13-23(29-2)24(16-19)30-3/h4-13,16H,14-15,17H2,1-3H3. The molecule has 3 rings (SSSR count). The second-order valence-corrected chi connectivity index (χ2v) is 7.54. The van der Waals surface area contributed by atoms with Gasteiger partial charge >= 0.3 is 0 Å². The van der Waals surface area contributed by atoms with Gasteiger partial charge in [0.1, 0.15) is 0 Å². The summed E-state index contributed by atoms with van der Waals surface area (Å²) >= 11 is 6.02. The molecule has 0 aromatic heterocycles. The van der Waals surface area contributed by atoms with Crippen LogP contribution < -0.4 is 9.47 Å². The molecule has 0 atom stereocenters. The van der Waals surface area contributed by atoms with Crippen molar-refractivity contribution in [2.45, 2.75) is 19.9 Å². The van der Waals surface area contributed by atoms with Crippen LogP contribution in [0.3, 0.4) is 0 Å². The monoisotopic (exact) mass is 423 g/mol. The number of benzene rings is 3. The topological polar surface area (TPSA) is 38.8 Å². The molecule has 0 aliphatic carbocycles. The number of halogens is 1. The van der Waals surface area contributed by atoms with E-state index < -0.39 is 0 Å². The van der Waals surface area contributed by atoms with E-state index in [4.69, 9.17) is 21.1 Å². The number of carbonyl (C=O) groups excluding carboxylic acids is 1. The minimum Gasteiger partial charge on any atom is -0.493 e. The molecule has 5 heteroatoms. The summed E-state index contributed by atoms with van der Waals surface area (Å²) in [5, 5.41) is 0.681. The molecule has 0 radical (unpaired) electrons. The van der Waals surface area contributed by atoms with Gasteiger partial charge in [-0.05, 0) is 60.4 Å². The van der Waals surface area contributed by atoms with Crippen molar-refractivity contribution in [1.82, 2.24) is 4.90 Å². The van der Waals surface area contributed by atoms with Crippen LogP contribution in [0.5, 0.6) is 11.5 Å². The first-order valence-electron chi connectivity index (χ1n) is 9.82. The molecule has 0 aliphatic rings. The molecule has 0 unspecified atom stereocenters. The number of hydrogen-bond acceptors (Lipinski definition) is 3. The Morgan fingerprint density at radius 2 is 1.57 bits per heavy atom. The van der Waals surface area contributed by atoms with Gasteiger partial charge in [0.05, 0.1) is 14.2 Å². The smallest absolute Gasteiger partial charge is 0.254 e. The summed E-state index contributed by atoms with van der Waals surface area (Å²) in [6.07, 6.45) is 0.700. The SMILES string of the molecule is COc1ccc(CCN(Cc2ccc(Cl)cc2)C(=O)c2ccccc2C)cc1OC. The zero-order valence-electron chi connectivity index (χ0n) is 17.5. The van der Waals surface area contributed by atoms with Crippen LogP contribution in [0.4, 0.5) is 0 Å². The van der Waals surface area contributed by atoms with Gasteiger partial charge in [0.2, 0.25) is 0 Å². The number of carbonyl (C=O) groups is 1. The number of nitrogens with zero attached hydrogens (tertiary/aromatic N) is 1. The van der Waals surface area contributed by atoms with Crippen molar-refractivity contribution in [3.63, 3.8) is 0 Å². The molecule has 0 fully saturated rings. The van der Waals surface area contributed by atoms with Crippen LogP contribution in [0.1, 0.15) is 27.0 Å². The Kier molecular flexibility index (Phi) is 7.36. The molecule has 3 aromatic carbocycles. The summed E-state index contributed by atoms with van der Waals surface area (Å²) in [5.74, 6) is 1.39. The van der Waals surface area contributed by atoms with Gasteiger partial charge in [0, 0.05) is 23.7 Å². The Morgan fingerprint density at radius 3 is 2.23 bits per heavy atom. The number of ether oxygens (including phenoxy) is 2. The third-order valence-electron chi connectivity index (χ3n) is 5.07. The predicted molar refractivity (Wildman–Crippen MR) is 121 cm³/mol. The summed E-state index contributed by atoms with van der Waals surface area (Å²) < 4.78 is 10.7. The summed E-state index contributed by atoms with van der Waals surface area (Å²) in [6.45, 7) is 3.05. The maximum Gasteiger partial charge on any atom is 0.254 e. The molecule has 0 saturated carbocycles. The molecular formula is C25H26ClNO3. The lowest BCUT2D eigenvalue weighted by Crippen LogP contribution is -2.33. The van der Waals surface area contributed by atoms with Crippen molar-refractivity contribution in [3.8, 4) is 11.5 Å². The zero-order chi connectivity index (χ0) is 21.5. The van der Waals surface area contributed by atoms with E-state index in [9.17, 15) is 4.79 Å². The lowest BCUT2D eigenvalue weighted by atomic mass is 10.1. The van der Waals surface area contributed by atoms with Crippen LogP contribution in [0.15, 0.2) is 66.7 Å². The van der Waals surface area contributed by atoms with E-state index in [0.29, 0.717) is 36.0 Å². The predicted octanol–water partition coefficient (Wildman–Crippen LogP) is 5.55. The molecule has 4 nitrogen and oxygen atoms in total. The molecule has 0 aliphatic heterocycles. The molecule has 1 amide bonds. The van der Waals surface area contributed by atoms with E-state index >= 15 is 0 Å². The third kappa shape index (κ3) is 5.33. The summed E-state index contributed by atoms with van der Waals surface area (Å²) in [5.41, 5.74) is 3.80. The van der Waals surface area contributed by atoms with Crippen molar-refractivity contribution < 1.29 is 14.3 Å². The van der Waals surface area contributed by atoms with Gasteiger partial charge in [0.15, 0.2) is 11.5 Å². The fourth-order valence-electron chi connectivity index (χ4n) is 3.35. The minimum atomic E-state index is 0.0172. The fraction of sp³-hybridized carbons (Fsp3) is 0.240. The molecular weight excluding hydrogens is 398 g/mol. The Hall–Kier alpha value is -2.98. The van der Waals surface area contributed by atoms with Gasteiger partial charge in [0.25, 0.3) is 5.91 Å². The number of hydrogen-bond donors (Lipinski definition) is 0. The Morgan fingerprint density at radius 1 is 0.900 bits per heavy atom. The number of methoxy groups -OCH3 is 2. The van der Waals surface area contributed by atoms with Crippen molar-refractivity contribution in [1.29, 1.82) is 0 Å². The highest BCUT2D eigenvalue weighted by atomic mass is 35.5. The lowest BCUT2D eigenvalue weighted by molar-refractivity contribution is 0.0744. The molecule has 156 valence electrons. The van der Waals surface area contributed by atoms with Crippen molar-refractivity contribution >= 4 is 17.5 Å². The van der Waals surface area contributed by atoms with E-state index in [2.05, 4.69) is 0 Å². The first-order chi connectivity index (χ1) is 14.5. The van der Waals surface area contributed by atoms with Crippen molar-refractivity contribution in [3.05, 3.63) is 94.0 Å². The lowest BCUT2D eigenvalue weighted by Gasteiger charge is -2.24. The molecule has 30 heavy (non-hydrogen) atoms. The van der Waals surface area contributed by atoms with E-state index in [-0.39, 0.29) is 5.91 Å². The first kappa shape index (κ1) is 21.7. The maximum atomic E-state index is 13.3. The second kappa shape index (κ2) is 10.2. The largest absolute Gasteiger partial charge is 0.493 e. The van der Waals surface area contributed by atoms with E-state index in [1.165, 1.54) is 0 Å². The number of rotatable bonds is 8. The fourth-order valence-corrected chi connectivity index (χ4v) is 3.47. The Balaban J connectivity index is 1.82. The number of aryl methyl sites for hydroxylation is 1. The Bertz CT molecular complexity index is 1000. The van der Waals surface area contributed by atoms with Crippen molar-refractivity contribution in [2.75, 3.05) is 20.8 Å². The summed E-state index contributed by atoms with van der Waals surface area (Å²) in [4.78, 5) is 15.2. The highest BCUT2D eigenvalue weighted by Gasteiger charge is 2.18. The molecule has 0 N–H and O–H groups in total. The van der Waals surface area contributed by atoms with Crippen LogP contribution in [0.25, 0.3) is 0 Å². The average Bonchev–Trinajstić information content (AvgIpc) is 2.77. The van der Waals surface area contributed by atoms with Gasteiger partial charge in [-0.3, -0.25) is 4.79 Å². The van der Waals surface area contributed by atoms with Gasteiger partial charge in [-0.25, -0.2) is 0 Å². The van der Waals surface area contributed by atoms with Crippen LogP contribution in [0.2, 0.25) is 5.02 Å². The molecule has 0 spiro atoms. The maximum absolute atomic E-state index is 13.3.